The predicted octanol–water partition coefficient (Wildman–Crippen LogP) is 5.07. The van der Waals surface area contributed by atoms with Crippen molar-refractivity contribution in [2.75, 3.05) is 0 Å². The molecule has 106 valence electrons. The van der Waals surface area contributed by atoms with Gasteiger partial charge in [-0.05, 0) is 17.7 Å². The third-order valence-electron chi connectivity index (χ3n) is 3.58. The molecule has 3 rings (SSSR count). The highest BCUT2D eigenvalue weighted by molar-refractivity contribution is 6.31. The second kappa shape index (κ2) is 5.74. The van der Waals surface area contributed by atoms with Crippen molar-refractivity contribution >= 4 is 28.4 Å². The van der Waals surface area contributed by atoms with Gasteiger partial charge in [-0.25, -0.2) is 0 Å². The predicted molar refractivity (Wildman–Crippen MR) is 85.1 cm³/mol. The molecule has 0 saturated carbocycles. The molecule has 3 heteroatoms. The van der Waals surface area contributed by atoms with Crippen molar-refractivity contribution in [2.45, 2.75) is 19.8 Å². The zero-order chi connectivity index (χ0) is 14.8. The van der Waals surface area contributed by atoms with Crippen LogP contribution in [0.5, 0.6) is 0 Å². The van der Waals surface area contributed by atoms with Gasteiger partial charge in [0.2, 0.25) is 0 Å². The van der Waals surface area contributed by atoms with Gasteiger partial charge in [0, 0.05) is 23.3 Å². The highest BCUT2D eigenvalue weighted by atomic mass is 35.5. The molecule has 2 aromatic carbocycles. The molecule has 0 amide bonds. The molecule has 0 aliphatic carbocycles. The maximum absolute atomic E-state index is 12.7. The Morgan fingerprint density at radius 1 is 1.10 bits per heavy atom. The minimum atomic E-state index is 0.0462. The number of benzene rings is 2. The lowest BCUT2D eigenvalue weighted by Gasteiger charge is -2.04. The summed E-state index contributed by atoms with van der Waals surface area (Å²) < 4.78 is 5.78. The first-order valence-electron chi connectivity index (χ1n) is 6.97. The van der Waals surface area contributed by atoms with Crippen LogP contribution < -0.4 is 0 Å². The topological polar surface area (TPSA) is 30.2 Å². The Bertz CT molecular complexity index is 802. The third-order valence-corrected chi connectivity index (χ3v) is 3.95. The van der Waals surface area contributed by atoms with E-state index in [1.54, 1.807) is 6.07 Å². The molecular formula is C18H15ClO2. The van der Waals surface area contributed by atoms with Crippen molar-refractivity contribution in [3.05, 3.63) is 70.4 Å². The molecule has 1 aromatic heterocycles. The average Bonchev–Trinajstić information content (AvgIpc) is 2.88. The van der Waals surface area contributed by atoms with Crippen molar-refractivity contribution in [1.82, 2.24) is 0 Å². The fraction of sp³-hybridized carbons (Fsp3) is 0.167. The van der Waals surface area contributed by atoms with E-state index in [1.165, 1.54) is 0 Å². The van der Waals surface area contributed by atoms with Crippen LogP contribution in [-0.2, 0) is 12.8 Å². The molecule has 0 atom stereocenters. The maximum Gasteiger partial charge on any atom is 0.171 e. The van der Waals surface area contributed by atoms with E-state index in [0.29, 0.717) is 17.0 Å². The van der Waals surface area contributed by atoms with E-state index < -0.39 is 0 Å². The molecule has 3 aromatic rings. The van der Waals surface area contributed by atoms with Crippen LogP contribution in [0.15, 0.2) is 52.9 Å². The van der Waals surface area contributed by atoms with Gasteiger partial charge < -0.3 is 4.42 Å². The van der Waals surface area contributed by atoms with Crippen molar-refractivity contribution in [1.29, 1.82) is 0 Å². The fourth-order valence-corrected chi connectivity index (χ4v) is 2.76. The number of aryl methyl sites for hydroxylation is 1. The molecule has 0 aliphatic heterocycles. The number of carbonyl (C=O) groups excluding carboxylic acids is 1. The number of hydrogen-bond donors (Lipinski definition) is 0. The molecule has 0 spiro atoms. The molecule has 2 nitrogen and oxygen atoms in total. The Morgan fingerprint density at radius 2 is 1.81 bits per heavy atom. The van der Waals surface area contributed by atoms with E-state index in [-0.39, 0.29) is 12.2 Å². The Labute approximate surface area is 128 Å². The quantitative estimate of drug-likeness (QED) is 0.629. The minimum Gasteiger partial charge on any atom is -0.460 e. The summed E-state index contributed by atoms with van der Waals surface area (Å²) >= 11 is 6.15. The van der Waals surface area contributed by atoms with Gasteiger partial charge in [-0.1, -0.05) is 54.9 Å². The molecule has 0 fully saturated rings. The molecular weight excluding hydrogens is 284 g/mol. The summed E-state index contributed by atoms with van der Waals surface area (Å²) in [6.45, 7) is 1.99. The largest absolute Gasteiger partial charge is 0.460 e. The van der Waals surface area contributed by atoms with Crippen LogP contribution in [-0.4, -0.2) is 5.78 Å². The minimum absolute atomic E-state index is 0.0462. The van der Waals surface area contributed by atoms with Crippen LogP contribution in [0.1, 0.15) is 28.6 Å². The van der Waals surface area contributed by atoms with Crippen LogP contribution in [0.3, 0.4) is 0 Å². The molecule has 1 heterocycles. The van der Waals surface area contributed by atoms with Crippen LogP contribution in [0.4, 0.5) is 0 Å². The average molecular weight is 299 g/mol. The van der Waals surface area contributed by atoms with Gasteiger partial charge in [0.1, 0.15) is 11.3 Å². The molecule has 0 radical (unpaired) electrons. The van der Waals surface area contributed by atoms with Crippen LogP contribution in [0, 0.1) is 0 Å². The summed E-state index contributed by atoms with van der Waals surface area (Å²) in [5.74, 6) is 0.790. The van der Waals surface area contributed by atoms with Gasteiger partial charge in [0.15, 0.2) is 5.78 Å². The summed E-state index contributed by atoms with van der Waals surface area (Å²) in [6.07, 6.45) is 0.981. The summed E-state index contributed by atoms with van der Waals surface area (Å²) in [5.41, 5.74) is 2.29. The first-order chi connectivity index (χ1) is 10.2. The Kier molecular flexibility index (Phi) is 3.80. The second-order valence-electron chi connectivity index (χ2n) is 4.94. The summed E-state index contributed by atoms with van der Waals surface area (Å²) in [5, 5.41) is 1.50. The van der Waals surface area contributed by atoms with Gasteiger partial charge in [0.25, 0.3) is 0 Å². The Balaban J connectivity index is 2.03. The Morgan fingerprint density at radius 3 is 2.57 bits per heavy atom. The number of halogens is 1. The summed E-state index contributed by atoms with van der Waals surface area (Å²) in [6, 6.07) is 15.1. The number of hydrogen-bond acceptors (Lipinski definition) is 2. The van der Waals surface area contributed by atoms with E-state index in [1.807, 2.05) is 49.4 Å². The lowest BCUT2D eigenvalue weighted by Crippen LogP contribution is -2.05. The smallest absolute Gasteiger partial charge is 0.171 e. The summed E-state index contributed by atoms with van der Waals surface area (Å²) in [4.78, 5) is 12.7. The number of Topliss-reactive ketones (excluding diaryl/α,β-unsaturated/α-hetero) is 1. The number of carbonyl (C=O) groups is 1. The first-order valence-corrected chi connectivity index (χ1v) is 7.35. The lowest BCUT2D eigenvalue weighted by atomic mass is 9.99. The molecule has 0 unspecified atom stereocenters. The fourth-order valence-electron chi connectivity index (χ4n) is 2.55. The molecule has 0 N–H and O–H groups in total. The zero-order valence-electron chi connectivity index (χ0n) is 11.7. The highest BCUT2D eigenvalue weighted by Gasteiger charge is 2.20. The lowest BCUT2D eigenvalue weighted by molar-refractivity contribution is 0.0992. The SMILES string of the molecule is CCc1oc2ccccc2c1C(=O)Cc1ccccc1Cl. The van der Waals surface area contributed by atoms with E-state index in [0.717, 1.165) is 22.3 Å². The van der Waals surface area contributed by atoms with Crippen molar-refractivity contribution in [3.63, 3.8) is 0 Å². The van der Waals surface area contributed by atoms with Gasteiger partial charge in [-0.2, -0.15) is 0 Å². The number of rotatable bonds is 4. The van der Waals surface area contributed by atoms with Gasteiger partial charge in [-0.3, -0.25) is 4.79 Å². The van der Waals surface area contributed by atoms with Gasteiger partial charge in [0.05, 0.1) is 5.56 Å². The maximum atomic E-state index is 12.7. The third kappa shape index (κ3) is 2.59. The van der Waals surface area contributed by atoms with Crippen molar-refractivity contribution in [3.8, 4) is 0 Å². The standard InChI is InChI=1S/C18H15ClO2/c1-2-16-18(13-8-4-6-10-17(13)21-16)15(20)11-12-7-3-5-9-14(12)19/h3-10H,2,11H2,1H3. The van der Waals surface area contributed by atoms with E-state index in [9.17, 15) is 4.79 Å². The summed E-state index contributed by atoms with van der Waals surface area (Å²) in [7, 11) is 0. The van der Waals surface area contributed by atoms with Crippen molar-refractivity contribution in [2.24, 2.45) is 0 Å². The Hall–Kier alpha value is -2.06. The van der Waals surface area contributed by atoms with E-state index in [4.69, 9.17) is 16.0 Å². The van der Waals surface area contributed by atoms with Crippen LogP contribution >= 0.6 is 11.6 Å². The second-order valence-corrected chi connectivity index (χ2v) is 5.35. The number of ketones is 1. The van der Waals surface area contributed by atoms with Crippen LogP contribution in [0.2, 0.25) is 5.02 Å². The van der Waals surface area contributed by atoms with Gasteiger partial charge >= 0.3 is 0 Å². The number of fused-ring (bicyclic) bond motifs is 1. The number of furan rings is 1. The highest BCUT2D eigenvalue weighted by Crippen LogP contribution is 2.28. The molecule has 0 aliphatic rings. The normalized spacial score (nSPS) is 11.0. The molecule has 21 heavy (non-hydrogen) atoms. The molecule has 0 bridgehead atoms. The van der Waals surface area contributed by atoms with Crippen molar-refractivity contribution < 1.29 is 9.21 Å². The first kappa shape index (κ1) is 13.9. The molecule has 0 saturated heterocycles. The monoisotopic (exact) mass is 298 g/mol. The van der Waals surface area contributed by atoms with Crippen LogP contribution in [0.25, 0.3) is 11.0 Å². The van der Waals surface area contributed by atoms with E-state index in [2.05, 4.69) is 0 Å². The van der Waals surface area contributed by atoms with E-state index >= 15 is 0 Å². The zero-order valence-corrected chi connectivity index (χ0v) is 12.5. The number of para-hydroxylation sites is 1. The van der Waals surface area contributed by atoms with Gasteiger partial charge in [-0.15, -0.1) is 0 Å².